The molecule has 0 aromatic heterocycles. The lowest BCUT2D eigenvalue weighted by Crippen LogP contribution is -2.42. The van der Waals surface area contributed by atoms with E-state index in [-0.39, 0.29) is 5.54 Å². The van der Waals surface area contributed by atoms with E-state index in [1.54, 1.807) is 0 Å². The quantitative estimate of drug-likeness (QED) is 0.672. The van der Waals surface area contributed by atoms with Gasteiger partial charge in [0.1, 0.15) is 0 Å². The molecule has 0 aliphatic heterocycles. The van der Waals surface area contributed by atoms with Crippen LogP contribution >= 0.6 is 0 Å². The molecular formula is C13H21N. The summed E-state index contributed by atoms with van der Waals surface area (Å²) < 4.78 is 0. The molecule has 2 aliphatic rings. The lowest BCUT2D eigenvalue weighted by Gasteiger charge is -2.25. The van der Waals surface area contributed by atoms with Gasteiger partial charge in [-0.15, -0.1) is 0 Å². The first-order valence-electron chi connectivity index (χ1n) is 5.67. The van der Waals surface area contributed by atoms with Gasteiger partial charge in [0.15, 0.2) is 0 Å². The normalized spacial score (nSPS) is 36.1. The average molecular weight is 191 g/mol. The molecule has 2 unspecified atom stereocenters. The van der Waals surface area contributed by atoms with E-state index in [2.05, 4.69) is 50.4 Å². The molecule has 0 aromatic rings. The SMILES string of the molecule is CC(C)(C)NC1CC2C=CC=CC2C1. The van der Waals surface area contributed by atoms with E-state index < -0.39 is 0 Å². The third kappa shape index (κ3) is 2.27. The van der Waals surface area contributed by atoms with Gasteiger partial charge >= 0.3 is 0 Å². The molecule has 0 radical (unpaired) electrons. The Morgan fingerprint density at radius 2 is 1.50 bits per heavy atom. The van der Waals surface area contributed by atoms with E-state index in [0.717, 1.165) is 11.8 Å². The van der Waals surface area contributed by atoms with Crippen LogP contribution in [0.1, 0.15) is 33.6 Å². The van der Waals surface area contributed by atoms with Crippen LogP contribution in [0.3, 0.4) is 0 Å². The van der Waals surface area contributed by atoms with Gasteiger partial charge in [-0.2, -0.15) is 0 Å². The van der Waals surface area contributed by atoms with Crippen LogP contribution in [0.4, 0.5) is 0 Å². The molecule has 2 aliphatic carbocycles. The van der Waals surface area contributed by atoms with Crippen molar-refractivity contribution >= 4 is 0 Å². The summed E-state index contributed by atoms with van der Waals surface area (Å²) in [4.78, 5) is 0. The van der Waals surface area contributed by atoms with Crippen molar-refractivity contribution in [2.75, 3.05) is 0 Å². The van der Waals surface area contributed by atoms with Crippen LogP contribution in [0.25, 0.3) is 0 Å². The van der Waals surface area contributed by atoms with Crippen molar-refractivity contribution in [2.24, 2.45) is 11.8 Å². The minimum absolute atomic E-state index is 0.256. The van der Waals surface area contributed by atoms with Gasteiger partial charge in [-0.3, -0.25) is 0 Å². The molecular weight excluding hydrogens is 170 g/mol. The summed E-state index contributed by atoms with van der Waals surface area (Å²) in [5.74, 6) is 1.58. The molecule has 1 heteroatoms. The molecule has 14 heavy (non-hydrogen) atoms. The largest absolute Gasteiger partial charge is 0.309 e. The minimum Gasteiger partial charge on any atom is -0.309 e. The first kappa shape index (κ1) is 9.97. The maximum absolute atomic E-state index is 3.71. The Kier molecular flexibility index (Phi) is 2.52. The van der Waals surface area contributed by atoms with Gasteiger partial charge < -0.3 is 5.32 Å². The number of nitrogens with one attached hydrogen (secondary N) is 1. The highest BCUT2D eigenvalue weighted by atomic mass is 15.0. The second-order valence-electron chi connectivity index (χ2n) is 5.66. The standard InChI is InChI=1S/C13H21N/c1-13(2,3)14-12-8-10-6-4-5-7-11(10)9-12/h4-7,10-12,14H,8-9H2,1-3H3. The highest BCUT2D eigenvalue weighted by Crippen LogP contribution is 2.36. The topological polar surface area (TPSA) is 12.0 Å². The van der Waals surface area contributed by atoms with Crippen LogP contribution in [-0.2, 0) is 0 Å². The second-order valence-corrected chi connectivity index (χ2v) is 5.66. The number of allylic oxidation sites excluding steroid dienone is 4. The van der Waals surface area contributed by atoms with Crippen molar-refractivity contribution in [3.63, 3.8) is 0 Å². The Morgan fingerprint density at radius 1 is 1.00 bits per heavy atom. The Hall–Kier alpha value is -0.560. The van der Waals surface area contributed by atoms with Crippen LogP contribution in [-0.4, -0.2) is 11.6 Å². The predicted molar refractivity (Wildman–Crippen MR) is 61.2 cm³/mol. The zero-order valence-corrected chi connectivity index (χ0v) is 9.46. The molecule has 0 spiro atoms. The van der Waals surface area contributed by atoms with Gasteiger partial charge in [-0.05, 0) is 45.4 Å². The molecule has 0 amide bonds. The molecule has 0 saturated heterocycles. The molecule has 0 aromatic carbocycles. The fourth-order valence-corrected chi connectivity index (χ4v) is 2.69. The fraction of sp³-hybridized carbons (Fsp3) is 0.692. The molecule has 2 atom stereocenters. The van der Waals surface area contributed by atoms with Gasteiger partial charge in [0.25, 0.3) is 0 Å². The van der Waals surface area contributed by atoms with Crippen LogP contribution in [0.2, 0.25) is 0 Å². The van der Waals surface area contributed by atoms with E-state index >= 15 is 0 Å². The number of fused-ring (bicyclic) bond motifs is 1. The van der Waals surface area contributed by atoms with Gasteiger partial charge in [0.2, 0.25) is 0 Å². The maximum atomic E-state index is 3.71. The Balaban J connectivity index is 1.94. The molecule has 0 heterocycles. The Labute approximate surface area is 87.3 Å². The molecule has 78 valence electrons. The summed E-state index contributed by atoms with van der Waals surface area (Å²) in [6, 6.07) is 0.706. The highest BCUT2D eigenvalue weighted by Gasteiger charge is 2.33. The van der Waals surface area contributed by atoms with Crippen molar-refractivity contribution in [1.82, 2.24) is 5.32 Å². The Morgan fingerprint density at radius 3 is 1.93 bits per heavy atom. The predicted octanol–water partition coefficient (Wildman–Crippen LogP) is 2.90. The molecule has 1 saturated carbocycles. The zero-order chi connectivity index (χ0) is 10.2. The smallest absolute Gasteiger partial charge is 0.00991 e. The summed E-state index contributed by atoms with van der Waals surface area (Å²) in [6.45, 7) is 6.75. The van der Waals surface area contributed by atoms with Crippen molar-refractivity contribution in [3.05, 3.63) is 24.3 Å². The van der Waals surface area contributed by atoms with Crippen LogP contribution in [0.5, 0.6) is 0 Å². The van der Waals surface area contributed by atoms with Crippen LogP contribution in [0.15, 0.2) is 24.3 Å². The second kappa shape index (κ2) is 3.54. The first-order chi connectivity index (χ1) is 6.54. The summed E-state index contributed by atoms with van der Waals surface area (Å²) in [5.41, 5.74) is 0.256. The monoisotopic (exact) mass is 191 g/mol. The van der Waals surface area contributed by atoms with Gasteiger partial charge in [-0.1, -0.05) is 24.3 Å². The summed E-state index contributed by atoms with van der Waals surface area (Å²) in [6.07, 6.45) is 11.7. The van der Waals surface area contributed by atoms with E-state index in [9.17, 15) is 0 Å². The van der Waals surface area contributed by atoms with E-state index in [0.29, 0.717) is 6.04 Å². The van der Waals surface area contributed by atoms with Crippen LogP contribution < -0.4 is 5.32 Å². The Bertz CT molecular complexity index is 237. The maximum Gasteiger partial charge on any atom is 0.00991 e. The first-order valence-corrected chi connectivity index (χ1v) is 5.67. The van der Waals surface area contributed by atoms with Crippen molar-refractivity contribution in [1.29, 1.82) is 0 Å². The van der Waals surface area contributed by atoms with Crippen molar-refractivity contribution in [2.45, 2.75) is 45.2 Å². The molecule has 0 bridgehead atoms. The fourth-order valence-electron chi connectivity index (χ4n) is 2.69. The molecule has 1 fully saturated rings. The number of hydrogen-bond acceptors (Lipinski definition) is 1. The third-order valence-corrected chi connectivity index (χ3v) is 3.13. The third-order valence-electron chi connectivity index (χ3n) is 3.13. The van der Waals surface area contributed by atoms with Gasteiger partial charge in [0, 0.05) is 11.6 Å². The number of hydrogen-bond donors (Lipinski definition) is 1. The van der Waals surface area contributed by atoms with E-state index in [1.807, 2.05) is 0 Å². The highest BCUT2D eigenvalue weighted by molar-refractivity contribution is 5.17. The van der Waals surface area contributed by atoms with Crippen LogP contribution in [0, 0.1) is 11.8 Å². The van der Waals surface area contributed by atoms with Crippen molar-refractivity contribution < 1.29 is 0 Å². The van der Waals surface area contributed by atoms with Gasteiger partial charge in [-0.25, -0.2) is 0 Å². The van der Waals surface area contributed by atoms with Crippen molar-refractivity contribution in [3.8, 4) is 0 Å². The number of rotatable bonds is 1. The summed E-state index contributed by atoms with van der Waals surface area (Å²) in [7, 11) is 0. The molecule has 1 N–H and O–H groups in total. The molecule has 2 rings (SSSR count). The summed E-state index contributed by atoms with van der Waals surface area (Å²) in [5, 5.41) is 3.71. The molecule has 1 nitrogen and oxygen atoms in total. The summed E-state index contributed by atoms with van der Waals surface area (Å²) >= 11 is 0. The lowest BCUT2D eigenvalue weighted by atomic mass is 9.92. The zero-order valence-electron chi connectivity index (χ0n) is 9.46. The van der Waals surface area contributed by atoms with E-state index in [4.69, 9.17) is 0 Å². The minimum atomic E-state index is 0.256. The van der Waals surface area contributed by atoms with Gasteiger partial charge in [0.05, 0.1) is 0 Å². The lowest BCUT2D eigenvalue weighted by molar-refractivity contribution is 0.357. The average Bonchev–Trinajstić information content (AvgIpc) is 2.42. The van der Waals surface area contributed by atoms with E-state index in [1.165, 1.54) is 12.8 Å².